The molecule has 156 valence electrons. The second kappa shape index (κ2) is 10.9. The Labute approximate surface area is 180 Å². The second-order valence-corrected chi connectivity index (χ2v) is 7.67. The highest BCUT2D eigenvalue weighted by Gasteiger charge is 2.24. The van der Waals surface area contributed by atoms with Gasteiger partial charge in [0, 0.05) is 22.3 Å². The standard InChI is InChI=1S/C21H25Cl2N3O3/c1-13(2)19(26-21(28)25-16-6-8-17(29-3)9-7-16)20(27)24-11-10-14-4-5-15(22)12-18(14)23/h4-9,12-13,19H,10-11H2,1-3H3,(H,24,27)(H2,25,26,28). The zero-order valence-corrected chi connectivity index (χ0v) is 18.1. The summed E-state index contributed by atoms with van der Waals surface area (Å²) in [6.07, 6.45) is 0.560. The smallest absolute Gasteiger partial charge is 0.319 e. The predicted octanol–water partition coefficient (Wildman–Crippen LogP) is 4.51. The Kier molecular flexibility index (Phi) is 8.61. The SMILES string of the molecule is COc1ccc(NC(=O)NC(C(=O)NCCc2ccc(Cl)cc2Cl)C(C)C)cc1. The van der Waals surface area contributed by atoms with Gasteiger partial charge in [-0.15, -0.1) is 0 Å². The zero-order valence-electron chi connectivity index (χ0n) is 16.6. The number of anilines is 1. The number of benzene rings is 2. The van der Waals surface area contributed by atoms with Crippen molar-refractivity contribution in [2.24, 2.45) is 5.92 Å². The summed E-state index contributed by atoms with van der Waals surface area (Å²) in [5.41, 5.74) is 1.49. The number of amides is 3. The van der Waals surface area contributed by atoms with E-state index in [1.807, 2.05) is 19.9 Å². The molecule has 1 unspecified atom stereocenters. The van der Waals surface area contributed by atoms with Gasteiger partial charge in [-0.2, -0.15) is 0 Å². The Morgan fingerprint density at radius 1 is 1.07 bits per heavy atom. The lowest BCUT2D eigenvalue weighted by Crippen LogP contribution is -2.51. The summed E-state index contributed by atoms with van der Waals surface area (Å²) < 4.78 is 5.09. The molecule has 0 bridgehead atoms. The monoisotopic (exact) mass is 437 g/mol. The Hall–Kier alpha value is -2.44. The van der Waals surface area contributed by atoms with E-state index in [1.54, 1.807) is 43.5 Å². The van der Waals surface area contributed by atoms with Crippen LogP contribution in [0, 0.1) is 5.92 Å². The Morgan fingerprint density at radius 3 is 2.34 bits per heavy atom. The fourth-order valence-corrected chi connectivity index (χ4v) is 3.18. The van der Waals surface area contributed by atoms with Crippen molar-refractivity contribution in [1.82, 2.24) is 10.6 Å². The summed E-state index contributed by atoms with van der Waals surface area (Å²) in [4.78, 5) is 24.9. The molecule has 0 heterocycles. The summed E-state index contributed by atoms with van der Waals surface area (Å²) in [6.45, 7) is 4.13. The third-order valence-corrected chi connectivity index (χ3v) is 4.88. The molecule has 0 aliphatic carbocycles. The average molecular weight is 438 g/mol. The molecular weight excluding hydrogens is 413 g/mol. The Balaban J connectivity index is 1.88. The molecule has 1 atom stereocenters. The van der Waals surface area contributed by atoms with Crippen molar-refractivity contribution >= 4 is 40.8 Å². The number of halogens is 2. The van der Waals surface area contributed by atoms with Crippen LogP contribution in [-0.4, -0.2) is 31.6 Å². The number of methoxy groups -OCH3 is 1. The van der Waals surface area contributed by atoms with E-state index < -0.39 is 12.1 Å². The fraction of sp³-hybridized carbons (Fsp3) is 0.333. The van der Waals surface area contributed by atoms with E-state index in [0.717, 1.165) is 5.56 Å². The van der Waals surface area contributed by atoms with Crippen molar-refractivity contribution < 1.29 is 14.3 Å². The maximum absolute atomic E-state index is 12.6. The molecule has 3 amide bonds. The average Bonchev–Trinajstić information content (AvgIpc) is 2.68. The third kappa shape index (κ3) is 7.15. The van der Waals surface area contributed by atoms with Crippen LogP contribution in [0.4, 0.5) is 10.5 Å². The van der Waals surface area contributed by atoms with Crippen molar-refractivity contribution in [3.05, 3.63) is 58.1 Å². The van der Waals surface area contributed by atoms with Gasteiger partial charge < -0.3 is 20.7 Å². The molecule has 3 N–H and O–H groups in total. The molecule has 0 saturated heterocycles. The number of ether oxygens (including phenoxy) is 1. The van der Waals surface area contributed by atoms with Gasteiger partial charge in [0.15, 0.2) is 0 Å². The number of nitrogens with one attached hydrogen (secondary N) is 3. The van der Waals surface area contributed by atoms with E-state index in [-0.39, 0.29) is 11.8 Å². The molecule has 0 aliphatic heterocycles. The van der Waals surface area contributed by atoms with E-state index in [0.29, 0.717) is 34.4 Å². The quantitative estimate of drug-likeness (QED) is 0.568. The lowest BCUT2D eigenvalue weighted by atomic mass is 10.0. The first kappa shape index (κ1) is 22.8. The molecule has 0 radical (unpaired) electrons. The van der Waals surface area contributed by atoms with Gasteiger partial charge in [0.1, 0.15) is 11.8 Å². The van der Waals surface area contributed by atoms with Crippen molar-refractivity contribution in [3.8, 4) is 5.75 Å². The molecule has 0 aliphatic rings. The number of hydrogen-bond acceptors (Lipinski definition) is 3. The van der Waals surface area contributed by atoms with Crippen LogP contribution in [0.5, 0.6) is 5.75 Å². The minimum absolute atomic E-state index is 0.0873. The Morgan fingerprint density at radius 2 is 1.76 bits per heavy atom. The highest BCUT2D eigenvalue weighted by molar-refractivity contribution is 6.35. The molecule has 6 nitrogen and oxygen atoms in total. The normalized spacial score (nSPS) is 11.7. The molecule has 2 rings (SSSR count). The van der Waals surface area contributed by atoms with E-state index in [2.05, 4.69) is 16.0 Å². The van der Waals surface area contributed by atoms with Crippen LogP contribution in [0.25, 0.3) is 0 Å². The van der Waals surface area contributed by atoms with E-state index in [4.69, 9.17) is 27.9 Å². The lowest BCUT2D eigenvalue weighted by Gasteiger charge is -2.22. The molecule has 2 aromatic carbocycles. The molecule has 0 aromatic heterocycles. The highest BCUT2D eigenvalue weighted by Crippen LogP contribution is 2.21. The van der Waals surface area contributed by atoms with Crippen LogP contribution in [-0.2, 0) is 11.2 Å². The molecule has 0 spiro atoms. The molecule has 0 fully saturated rings. The number of carbonyl (C=O) groups excluding carboxylic acids is 2. The molecule has 8 heteroatoms. The number of urea groups is 1. The summed E-state index contributed by atoms with van der Waals surface area (Å²) >= 11 is 12.0. The second-order valence-electron chi connectivity index (χ2n) is 6.83. The zero-order chi connectivity index (χ0) is 21.4. The number of rotatable bonds is 8. The van der Waals surface area contributed by atoms with Crippen molar-refractivity contribution in [3.63, 3.8) is 0 Å². The largest absolute Gasteiger partial charge is 0.497 e. The van der Waals surface area contributed by atoms with Gasteiger partial charge in [-0.25, -0.2) is 4.79 Å². The number of hydrogen-bond donors (Lipinski definition) is 3. The predicted molar refractivity (Wildman–Crippen MR) is 117 cm³/mol. The van der Waals surface area contributed by atoms with Gasteiger partial charge in [-0.3, -0.25) is 4.79 Å². The minimum Gasteiger partial charge on any atom is -0.497 e. The maximum Gasteiger partial charge on any atom is 0.319 e. The van der Waals surface area contributed by atoms with Crippen molar-refractivity contribution in [2.45, 2.75) is 26.3 Å². The van der Waals surface area contributed by atoms with Gasteiger partial charge in [-0.05, 0) is 54.3 Å². The van der Waals surface area contributed by atoms with Crippen LogP contribution in [0.1, 0.15) is 19.4 Å². The van der Waals surface area contributed by atoms with Crippen LogP contribution >= 0.6 is 23.2 Å². The molecule has 2 aromatic rings. The van der Waals surface area contributed by atoms with Gasteiger partial charge in [0.2, 0.25) is 5.91 Å². The lowest BCUT2D eigenvalue weighted by molar-refractivity contribution is -0.123. The minimum atomic E-state index is -0.672. The fourth-order valence-electron chi connectivity index (χ4n) is 2.67. The molecule has 0 saturated carbocycles. The van der Waals surface area contributed by atoms with Crippen LogP contribution in [0.15, 0.2) is 42.5 Å². The third-order valence-electron chi connectivity index (χ3n) is 4.29. The first-order valence-corrected chi connectivity index (χ1v) is 9.99. The van der Waals surface area contributed by atoms with E-state index in [9.17, 15) is 9.59 Å². The molecule has 29 heavy (non-hydrogen) atoms. The van der Waals surface area contributed by atoms with E-state index in [1.165, 1.54) is 0 Å². The maximum atomic E-state index is 12.6. The summed E-state index contributed by atoms with van der Waals surface area (Å²) in [5.74, 6) is 0.349. The number of carbonyl (C=O) groups is 2. The summed E-state index contributed by atoms with van der Waals surface area (Å²) in [6, 6.07) is 11.1. The topological polar surface area (TPSA) is 79.5 Å². The van der Waals surface area contributed by atoms with Gasteiger partial charge >= 0.3 is 6.03 Å². The highest BCUT2D eigenvalue weighted by atomic mass is 35.5. The van der Waals surface area contributed by atoms with E-state index >= 15 is 0 Å². The van der Waals surface area contributed by atoms with Gasteiger partial charge in [0.05, 0.1) is 7.11 Å². The molecular formula is C21H25Cl2N3O3. The van der Waals surface area contributed by atoms with Gasteiger partial charge in [-0.1, -0.05) is 43.1 Å². The summed E-state index contributed by atoms with van der Waals surface area (Å²) in [7, 11) is 1.57. The van der Waals surface area contributed by atoms with Crippen LogP contribution in [0.2, 0.25) is 10.0 Å². The van der Waals surface area contributed by atoms with Crippen LogP contribution in [0.3, 0.4) is 0 Å². The van der Waals surface area contributed by atoms with Crippen molar-refractivity contribution in [1.29, 1.82) is 0 Å². The Bertz CT molecular complexity index is 842. The van der Waals surface area contributed by atoms with Crippen LogP contribution < -0.4 is 20.7 Å². The van der Waals surface area contributed by atoms with Crippen molar-refractivity contribution in [2.75, 3.05) is 19.0 Å². The first-order valence-electron chi connectivity index (χ1n) is 9.23. The van der Waals surface area contributed by atoms with Gasteiger partial charge in [0.25, 0.3) is 0 Å². The summed E-state index contributed by atoms with van der Waals surface area (Å²) in [5, 5.41) is 9.41. The first-order chi connectivity index (χ1) is 13.8.